The zero-order valence-corrected chi connectivity index (χ0v) is 19.5. The summed E-state index contributed by atoms with van der Waals surface area (Å²) in [6.45, 7) is 3.11. The highest BCUT2D eigenvalue weighted by Crippen LogP contribution is 2.30. The van der Waals surface area contributed by atoms with Crippen molar-refractivity contribution in [2.24, 2.45) is 0 Å². The molecule has 1 amide bonds. The predicted octanol–water partition coefficient (Wildman–Crippen LogP) is 3.99. The molecule has 0 spiro atoms. The number of nitrogens with zero attached hydrogens (tertiary/aromatic N) is 2. The summed E-state index contributed by atoms with van der Waals surface area (Å²) in [6, 6.07) is 12.1. The first kappa shape index (κ1) is 23.0. The average Bonchev–Trinajstić information content (AvgIpc) is 3.10. The van der Waals surface area contributed by atoms with E-state index in [1.807, 2.05) is 24.3 Å². The van der Waals surface area contributed by atoms with Crippen LogP contribution in [0.1, 0.15) is 36.0 Å². The van der Waals surface area contributed by atoms with Crippen molar-refractivity contribution < 1.29 is 17.9 Å². The molecule has 0 atom stereocenters. The van der Waals surface area contributed by atoms with Crippen molar-refractivity contribution in [1.29, 1.82) is 0 Å². The van der Waals surface area contributed by atoms with E-state index < -0.39 is 10.0 Å². The molecule has 32 heavy (non-hydrogen) atoms. The van der Waals surface area contributed by atoms with Crippen LogP contribution in [0.15, 0.2) is 47.4 Å². The van der Waals surface area contributed by atoms with E-state index in [1.165, 1.54) is 29.3 Å². The van der Waals surface area contributed by atoms with Crippen LogP contribution in [0.2, 0.25) is 5.02 Å². The predicted molar refractivity (Wildman–Crippen MR) is 126 cm³/mol. The van der Waals surface area contributed by atoms with E-state index in [9.17, 15) is 13.2 Å². The van der Waals surface area contributed by atoms with Gasteiger partial charge in [0.05, 0.1) is 29.6 Å². The lowest BCUT2D eigenvalue weighted by atomic mass is 10.2. The number of hydrogen-bond donors (Lipinski definition) is 1. The summed E-state index contributed by atoms with van der Waals surface area (Å²) in [5.41, 5.74) is 1.94. The van der Waals surface area contributed by atoms with Gasteiger partial charge in [-0.3, -0.25) is 4.79 Å². The summed E-state index contributed by atoms with van der Waals surface area (Å²) in [5.74, 6) is -0.373. The molecule has 0 bridgehead atoms. The molecule has 2 fully saturated rings. The standard InChI is InChI=1S/C23H28ClN3O4S/c24-19-10-9-18(17-22(19)32(29,30)27-13-15-31-16-14-27)23(28)25-20-7-3-4-8-21(20)26-11-5-1-2-6-12-26/h3-4,7-10,17H,1-2,5-6,11-16H2,(H,25,28). The van der Waals surface area contributed by atoms with E-state index >= 15 is 0 Å². The normalized spacial score (nSPS) is 18.2. The molecule has 9 heteroatoms. The molecule has 2 heterocycles. The fourth-order valence-corrected chi connectivity index (χ4v) is 6.04. The van der Waals surface area contributed by atoms with E-state index in [1.54, 1.807) is 6.07 Å². The van der Waals surface area contributed by atoms with Crippen LogP contribution in [0.4, 0.5) is 11.4 Å². The van der Waals surface area contributed by atoms with Gasteiger partial charge in [-0.1, -0.05) is 36.6 Å². The summed E-state index contributed by atoms with van der Waals surface area (Å²) >= 11 is 6.23. The second-order valence-corrected chi connectivity index (χ2v) is 10.3. The first-order valence-electron chi connectivity index (χ1n) is 11.0. The Morgan fingerprint density at radius 1 is 0.938 bits per heavy atom. The van der Waals surface area contributed by atoms with E-state index in [4.69, 9.17) is 16.3 Å². The number of amides is 1. The molecule has 0 aliphatic carbocycles. The number of para-hydroxylation sites is 2. The maximum Gasteiger partial charge on any atom is 0.255 e. The Labute approximate surface area is 194 Å². The number of carbonyl (C=O) groups is 1. The molecule has 0 saturated carbocycles. The van der Waals surface area contributed by atoms with Gasteiger partial charge in [-0.2, -0.15) is 4.31 Å². The number of sulfonamides is 1. The second kappa shape index (κ2) is 10.2. The highest BCUT2D eigenvalue weighted by atomic mass is 35.5. The maximum atomic E-state index is 13.1. The number of halogens is 1. The number of benzene rings is 2. The Morgan fingerprint density at radius 2 is 1.62 bits per heavy atom. The smallest absolute Gasteiger partial charge is 0.255 e. The number of rotatable bonds is 5. The lowest BCUT2D eigenvalue weighted by Crippen LogP contribution is -2.40. The van der Waals surface area contributed by atoms with Gasteiger partial charge >= 0.3 is 0 Å². The fraction of sp³-hybridized carbons (Fsp3) is 0.435. The van der Waals surface area contributed by atoms with Crippen molar-refractivity contribution in [2.45, 2.75) is 30.6 Å². The fourth-order valence-electron chi connectivity index (χ4n) is 4.13. The van der Waals surface area contributed by atoms with Crippen molar-refractivity contribution in [2.75, 3.05) is 49.6 Å². The molecule has 0 radical (unpaired) electrons. The molecule has 4 rings (SSSR count). The van der Waals surface area contributed by atoms with Crippen LogP contribution in [0.5, 0.6) is 0 Å². The van der Waals surface area contributed by atoms with E-state index in [0.29, 0.717) is 18.9 Å². The summed E-state index contributed by atoms with van der Waals surface area (Å²) in [6.07, 6.45) is 4.69. The zero-order chi connectivity index (χ0) is 22.6. The maximum absolute atomic E-state index is 13.1. The highest BCUT2D eigenvalue weighted by molar-refractivity contribution is 7.89. The Bertz CT molecular complexity index is 1060. The quantitative estimate of drug-likeness (QED) is 0.704. The van der Waals surface area contributed by atoms with Gasteiger partial charge in [0.1, 0.15) is 4.90 Å². The molecule has 0 unspecified atom stereocenters. The third-order valence-corrected chi connectivity index (χ3v) is 8.26. The van der Waals surface area contributed by atoms with Gasteiger partial charge < -0.3 is 15.0 Å². The third-order valence-electron chi connectivity index (χ3n) is 5.88. The zero-order valence-electron chi connectivity index (χ0n) is 17.9. The minimum Gasteiger partial charge on any atom is -0.379 e. The van der Waals surface area contributed by atoms with Gasteiger partial charge in [-0.25, -0.2) is 8.42 Å². The molecule has 2 saturated heterocycles. The SMILES string of the molecule is O=C(Nc1ccccc1N1CCCCCC1)c1ccc(Cl)c(S(=O)(=O)N2CCOCC2)c1. The van der Waals surface area contributed by atoms with Crippen LogP contribution in [0.3, 0.4) is 0 Å². The van der Waals surface area contributed by atoms with Gasteiger partial charge in [-0.15, -0.1) is 0 Å². The molecule has 2 aliphatic rings. The molecular formula is C23H28ClN3O4S. The number of carbonyl (C=O) groups excluding carboxylic acids is 1. The Balaban J connectivity index is 1.58. The molecule has 172 valence electrons. The molecule has 1 N–H and O–H groups in total. The van der Waals surface area contributed by atoms with Crippen LogP contribution in [-0.4, -0.2) is 58.0 Å². The monoisotopic (exact) mass is 477 g/mol. The van der Waals surface area contributed by atoms with Crippen molar-refractivity contribution >= 4 is 38.9 Å². The lowest BCUT2D eigenvalue weighted by Gasteiger charge is -2.26. The molecule has 0 aromatic heterocycles. The summed E-state index contributed by atoms with van der Waals surface area (Å²) in [7, 11) is -3.82. The van der Waals surface area contributed by atoms with Crippen LogP contribution in [0.25, 0.3) is 0 Å². The number of nitrogens with one attached hydrogen (secondary N) is 1. The highest BCUT2D eigenvalue weighted by Gasteiger charge is 2.29. The van der Waals surface area contributed by atoms with Crippen LogP contribution < -0.4 is 10.2 Å². The van der Waals surface area contributed by atoms with Gasteiger partial charge in [0.15, 0.2) is 0 Å². The molecule has 2 aliphatic heterocycles. The van der Waals surface area contributed by atoms with Crippen LogP contribution in [-0.2, 0) is 14.8 Å². The Morgan fingerprint density at radius 3 is 2.34 bits per heavy atom. The molecular weight excluding hydrogens is 450 g/mol. The Kier molecular flexibility index (Phi) is 7.35. The van der Waals surface area contributed by atoms with Gasteiger partial charge in [-0.05, 0) is 43.2 Å². The molecule has 2 aromatic carbocycles. The van der Waals surface area contributed by atoms with Crippen LogP contribution >= 0.6 is 11.6 Å². The Hall–Kier alpha value is -2.13. The van der Waals surface area contributed by atoms with Gasteiger partial charge in [0, 0.05) is 31.7 Å². The summed E-state index contributed by atoms with van der Waals surface area (Å²) < 4.78 is 32.8. The third kappa shape index (κ3) is 5.09. The van der Waals surface area contributed by atoms with Gasteiger partial charge in [0.2, 0.25) is 10.0 Å². The molecule has 7 nitrogen and oxygen atoms in total. The van der Waals surface area contributed by atoms with Gasteiger partial charge in [0.25, 0.3) is 5.91 Å². The van der Waals surface area contributed by atoms with E-state index in [-0.39, 0.29) is 34.5 Å². The summed E-state index contributed by atoms with van der Waals surface area (Å²) in [4.78, 5) is 15.3. The lowest BCUT2D eigenvalue weighted by molar-refractivity contribution is 0.0730. The number of hydrogen-bond acceptors (Lipinski definition) is 5. The first-order valence-corrected chi connectivity index (χ1v) is 12.8. The first-order chi connectivity index (χ1) is 15.5. The van der Waals surface area contributed by atoms with Crippen molar-refractivity contribution in [1.82, 2.24) is 4.31 Å². The summed E-state index contributed by atoms with van der Waals surface area (Å²) in [5, 5.41) is 3.07. The van der Waals surface area contributed by atoms with Crippen molar-refractivity contribution in [3.05, 3.63) is 53.1 Å². The average molecular weight is 478 g/mol. The largest absolute Gasteiger partial charge is 0.379 e. The molecule has 2 aromatic rings. The minimum absolute atomic E-state index is 0.0606. The van der Waals surface area contributed by atoms with Crippen molar-refractivity contribution in [3.63, 3.8) is 0 Å². The van der Waals surface area contributed by atoms with Crippen molar-refractivity contribution in [3.8, 4) is 0 Å². The van der Waals surface area contributed by atoms with Crippen LogP contribution in [0, 0.1) is 0 Å². The van der Waals surface area contributed by atoms with E-state index in [0.717, 1.165) is 31.6 Å². The minimum atomic E-state index is -3.82. The van der Waals surface area contributed by atoms with E-state index in [2.05, 4.69) is 10.2 Å². The number of morpholine rings is 1. The second-order valence-electron chi connectivity index (χ2n) is 8.03. The number of ether oxygens (including phenoxy) is 1. The number of anilines is 2. The topological polar surface area (TPSA) is 79.0 Å².